The van der Waals surface area contributed by atoms with Gasteiger partial charge in [0.2, 0.25) is 0 Å². The van der Waals surface area contributed by atoms with E-state index in [0.29, 0.717) is 30.0 Å². The highest BCUT2D eigenvalue weighted by Gasteiger charge is 2.42. The van der Waals surface area contributed by atoms with Gasteiger partial charge >= 0.3 is 5.97 Å². The summed E-state index contributed by atoms with van der Waals surface area (Å²) in [7, 11) is 0. The summed E-state index contributed by atoms with van der Waals surface area (Å²) in [5.74, 6) is -1.13. The van der Waals surface area contributed by atoms with E-state index >= 15 is 0 Å². The zero-order valence-corrected chi connectivity index (χ0v) is 13.4. The molecular weight excluding hydrogens is 336 g/mol. The monoisotopic (exact) mass is 354 g/mol. The van der Waals surface area contributed by atoms with E-state index in [1.165, 1.54) is 0 Å². The highest BCUT2D eigenvalue weighted by atomic mass is 79.9. The van der Waals surface area contributed by atoms with Crippen LogP contribution in [0.3, 0.4) is 0 Å². The Hall–Kier alpha value is -1.56. The highest BCUT2D eigenvalue weighted by molar-refractivity contribution is 9.10. The summed E-state index contributed by atoms with van der Waals surface area (Å²) in [6.45, 7) is 2.05. The third-order valence-corrected chi connectivity index (χ3v) is 4.52. The fourth-order valence-corrected chi connectivity index (χ4v) is 3.36. The van der Waals surface area contributed by atoms with Crippen molar-refractivity contribution in [2.75, 3.05) is 5.32 Å². The van der Waals surface area contributed by atoms with Gasteiger partial charge in [0.15, 0.2) is 0 Å². The zero-order chi connectivity index (χ0) is 15.6. The number of hydrogen-bond acceptors (Lipinski definition) is 3. The fraction of sp³-hybridized carbons (Fsp3) is 0.467. The van der Waals surface area contributed by atoms with Crippen molar-refractivity contribution >= 4 is 33.5 Å². The predicted molar refractivity (Wildman–Crippen MR) is 84.3 cm³/mol. The van der Waals surface area contributed by atoms with Crippen LogP contribution in [0, 0.1) is 5.92 Å². The van der Waals surface area contributed by atoms with E-state index in [-0.39, 0.29) is 0 Å². The average Bonchev–Trinajstić information content (AvgIpc) is 2.40. The van der Waals surface area contributed by atoms with Gasteiger partial charge in [-0.05, 0) is 37.0 Å². The van der Waals surface area contributed by atoms with Gasteiger partial charge in [0.25, 0.3) is 5.91 Å². The Balaban J connectivity index is 2.38. The summed E-state index contributed by atoms with van der Waals surface area (Å²) in [4.78, 5) is 23.4. The minimum Gasteiger partial charge on any atom is -0.480 e. The molecule has 1 aliphatic rings. The lowest BCUT2D eigenvalue weighted by Gasteiger charge is -2.38. The molecule has 114 valence electrons. The smallest absolute Gasteiger partial charge is 0.329 e. The molecule has 0 spiro atoms. The molecule has 1 aliphatic carbocycles. The average molecular weight is 355 g/mol. The first-order valence-corrected chi connectivity index (χ1v) is 7.74. The molecule has 0 radical (unpaired) electrons. The molecule has 21 heavy (non-hydrogen) atoms. The van der Waals surface area contributed by atoms with Crippen molar-refractivity contribution in [3.63, 3.8) is 0 Å². The van der Waals surface area contributed by atoms with Gasteiger partial charge in [0, 0.05) is 10.2 Å². The molecule has 1 aromatic carbocycles. The van der Waals surface area contributed by atoms with Crippen LogP contribution in [0.4, 0.5) is 5.69 Å². The summed E-state index contributed by atoms with van der Waals surface area (Å²) in [6.07, 6.45) is 2.96. The number of hydrogen-bond donors (Lipinski definition) is 3. The molecule has 1 saturated carbocycles. The van der Waals surface area contributed by atoms with Crippen LogP contribution < -0.4 is 11.1 Å². The Morgan fingerprint density at radius 2 is 2.19 bits per heavy atom. The van der Waals surface area contributed by atoms with Crippen LogP contribution in [0.1, 0.15) is 43.0 Å². The van der Waals surface area contributed by atoms with Crippen LogP contribution in [-0.4, -0.2) is 22.5 Å². The Morgan fingerprint density at radius 1 is 1.48 bits per heavy atom. The summed E-state index contributed by atoms with van der Waals surface area (Å²) in [5.41, 5.74) is 5.12. The van der Waals surface area contributed by atoms with Gasteiger partial charge in [0.05, 0.1) is 5.56 Å². The van der Waals surface area contributed by atoms with Crippen LogP contribution in [0.15, 0.2) is 22.7 Å². The molecule has 0 bridgehead atoms. The number of carboxylic acid groups (broad SMARTS) is 1. The topological polar surface area (TPSA) is 92.4 Å². The van der Waals surface area contributed by atoms with Crippen molar-refractivity contribution in [1.29, 1.82) is 0 Å². The second kappa shape index (κ2) is 6.05. The van der Waals surface area contributed by atoms with Crippen molar-refractivity contribution in [1.82, 2.24) is 0 Å². The number of halogens is 1. The van der Waals surface area contributed by atoms with Gasteiger partial charge in [-0.2, -0.15) is 0 Å². The number of rotatable bonds is 4. The van der Waals surface area contributed by atoms with E-state index in [1.54, 1.807) is 18.2 Å². The number of anilines is 1. The first-order valence-electron chi connectivity index (χ1n) is 6.95. The SMILES string of the molecule is CC1CCCC(Nc2ccc(Br)cc2C(N)=O)(C(=O)O)C1. The molecule has 0 saturated heterocycles. The number of nitrogens with one attached hydrogen (secondary N) is 1. The number of carbonyl (C=O) groups excluding carboxylic acids is 1. The van der Waals surface area contributed by atoms with Gasteiger partial charge < -0.3 is 16.2 Å². The van der Waals surface area contributed by atoms with E-state index in [0.717, 1.165) is 17.3 Å². The minimum atomic E-state index is -1.03. The second-order valence-electron chi connectivity index (χ2n) is 5.77. The number of amides is 1. The number of aliphatic carboxylic acids is 1. The number of carboxylic acids is 1. The molecule has 1 amide bonds. The zero-order valence-electron chi connectivity index (χ0n) is 11.9. The maximum Gasteiger partial charge on any atom is 0.329 e. The van der Waals surface area contributed by atoms with E-state index in [2.05, 4.69) is 28.2 Å². The number of nitrogens with two attached hydrogens (primary N) is 1. The van der Waals surface area contributed by atoms with Gasteiger partial charge in [-0.25, -0.2) is 4.79 Å². The lowest BCUT2D eigenvalue weighted by molar-refractivity contribution is -0.144. The van der Waals surface area contributed by atoms with Gasteiger partial charge in [0.1, 0.15) is 5.54 Å². The quantitative estimate of drug-likeness (QED) is 0.774. The van der Waals surface area contributed by atoms with Crippen LogP contribution >= 0.6 is 15.9 Å². The summed E-state index contributed by atoms with van der Waals surface area (Å²) in [6, 6.07) is 5.05. The van der Waals surface area contributed by atoms with E-state index in [1.807, 2.05) is 0 Å². The Morgan fingerprint density at radius 3 is 2.76 bits per heavy atom. The van der Waals surface area contributed by atoms with Crippen molar-refractivity contribution in [3.8, 4) is 0 Å². The van der Waals surface area contributed by atoms with E-state index in [4.69, 9.17) is 5.73 Å². The first kappa shape index (κ1) is 15.8. The van der Waals surface area contributed by atoms with E-state index < -0.39 is 17.4 Å². The molecule has 2 atom stereocenters. The second-order valence-corrected chi connectivity index (χ2v) is 6.68. The molecule has 6 heteroatoms. The largest absolute Gasteiger partial charge is 0.480 e. The van der Waals surface area contributed by atoms with Crippen LogP contribution in [-0.2, 0) is 4.79 Å². The van der Waals surface area contributed by atoms with Crippen molar-refractivity contribution < 1.29 is 14.7 Å². The van der Waals surface area contributed by atoms with Crippen LogP contribution in [0.25, 0.3) is 0 Å². The Kier molecular flexibility index (Phi) is 4.56. The minimum absolute atomic E-state index is 0.295. The lowest BCUT2D eigenvalue weighted by Crippen LogP contribution is -2.49. The normalized spacial score (nSPS) is 25.3. The van der Waals surface area contributed by atoms with Crippen molar-refractivity contribution in [3.05, 3.63) is 28.2 Å². The van der Waals surface area contributed by atoms with Gasteiger partial charge in [-0.3, -0.25) is 4.79 Å². The molecule has 2 rings (SSSR count). The predicted octanol–water partition coefficient (Wildman–Crippen LogP) is 2.99. The lowest BCUT2D eigenvalue weighted by atomic mass is 9.76. The number of primary amides is 1. The number of benzene rings is 1. The summed E-state index contributed by atoms with van der Waals surface area (Å²) in [5, 5.41) is 12.7. The summed E-state index contributed by atoms with van der Waals surface area (Å²) < 4.78 is 0.725. The van der Waals surface area contributed by atoms with Crippen LogP contribution in [0.5, 0.6) is 0 Å². The van der Waals surface area contributed by atoms with Crippen molar-refractivity contribution in [2.45, 2.75) is 38.1 Å². The molecule has 1 aromatic rings. The fourth-order valence-electron chi connectivity index (χ4n) is 3.00. The summed E-state index contributed by atoms with van der Waals surface area (Å²) >= 11 is 3.29. The standard InChI is InChI=1S/C15H19BrN2O3/c1-9-3-2-6-15(8-9,14(20)21)18-12-5-4-10(16)7-11(12)13(17)19/h4-5,7,9,18H,2-3,6,8H2,1H3,(H2,17,19)(H,20,21). The van der Waals surface area contributed by atoms with Crippen molar-refractivity contribution in [2.24, 2.45) is 11.7 Å². The third kappa shape index (κ3) is 3.37. The molecular formula is C15H19BrN2O3. The molecule has 5 nitrogen and oxygen atoms in total. The molecule has 0 aliphatic heterocycles. The number of carbonyl (C=O) groups is 2. The molecule has 0 aromatic heterocycles. The molecule has 2 unspecified atom stereocenters. The van der Waals surface area contributed by atoms with Gasteiger partial charge in [-0.1, -0.05) is 35.7 Å². The molecule has 0 heterocycles. The maximum absolute atomic E-state index is 11.8. The van der Waals surface area contributed by atoms with E-state index in [9.17, 15) is 14.7 Å². The Labute approximate surface area is 132 Å². The maximum atomic E-state index is 11.8. The molecule has 4 N–H and O–H groups in total. The van der Waals surface area contributed by atoms with Crippen LogP contribution in [0.2, 0.25) is 0 Å². The molecule has 1 fully saturated rings. The highest BCUT2D eigenvalue weighted by Crippen LogP contribution is 2.36. The van der Waals surface area contributed by atoms with Gasteiger partial charge in [-0.15, -0.1) is 0 Å². The first-order chi connectivity index (χ1) is 9.84. The third-order valence-electron chi connectivity index (χ3n) is 4.03. The Bertz CT molecular complexity index is 576.